The Bertz CT molecular complexity index is 385. The van der Waals surface area contributed by atoms with Gasteiger partial charge in [0.15, 0.2) is 20.2 Å². The first-order valence-corrected chi connectivity index (χ1v) is 5.23. The van der Waals surface area contributed by atoms with Gasteiger partial charge in [-0.1, -0.05) is 0 Å². The van der Waals surface area contributed by atoms with Gasteiger partial charge >= 0.3 is 113 Å². The van der Waals surface area contributed by atoms with Crippen molar-refractivity contribution in [3.8, 4) is 0 Å². The van der Waals surface area contributed by atoms with Gasteiger partial charge in [0.2, 0.25) is 0 Å². The number of hydrogen-bond acceptors (Lipinski definition) is 6. The molecule has 0 aliphatic heterocycles. The van der Waals surface area contributed by atoms with E-state index in [1.165, 1.54) is 0 Å². The molecule has 0 fully saturated rings. The Kier molecular flexibility index (Phi) is 10.4. The van der Waals surface area contributed by atoms with E-state index in [0.29, 0.717) is 0 Å². The zero-order chi connectivity index (χ0) is 12.0. The third-order valence-electron chi connectivity index (χ3n) is 0.967. The number of hydrogen-bond donors (Lipinski definition) is 0. The molecule has 0 aliphatic rings. The third-order valence-corrected chi connectivity index (χ3v) is 2.86. The average molecular weight is 338 g/mol. The van der Waals surface area contributed by atoms with Gasteiger partial charge in [0, 0.05) is 0 Å². The molecule has 0 radical (unpaired) electrons. The molecule has 0 rings (SSSR count). The van der Waals surface area contributed by atoms with Crippen molar-refractivity contribution in [3.05, 3.63) is 0 Å². The molecule has 14 heteroatoms. The molecule has 0 atom stereocenters. The van der Waals surface area contributed by atoms with Crippen molar-refractivity contribution < 1.29 is 146 Å². The minimum atomic E-state index is -6.96. The maximum Gasteiger partial charge on any atom is 1.00 e. The Labute approximate surface area is 173 Å². The van der Waals surface area contributed by atoms with Crippen molar-refractivity contribution in [2.24, 2.45) is 0 Å². The third kappa shape index (κ3) is 4.73. The van der Waals surface area contributed by atoms with E-state index in [0.717, 1.165) is 0 Å². The van der Waals surface area contributed by atoms with Gasteiger partial charge in [-0.2, -0.15) is 17.6 Å². The summed E-state index contributed by atoms with van der Waals surface area (Å²) in [6, 6.07) is 0. The molecule has 16 heavy (non-hydrogen) atoms. The fourth-order valence-electron chi connectivity index (χ4n) is 0.291. The van der Waals surface area contributed by atoms with Gasteiger partial charge in [0.1, 0.15) is 0 Å². The summed E-state index contributed by atoms with van der Waals surface area (Å²) in [7, 11) is -13.9. The van der Waals surface area contributed by atoms with E-state index in [9.17, 15) is 43.5 Å². The van der Waals surface area contributed by atoms with Crippen molar-refractivity contribution in [1.29, 1.82) is 0 Å². The molecule has 0 spiro atoms. The number of halogens is 4. The summed E-state index contributed by atoms with van der Waals surface area (Å²) >= 11 is 0. The van der Waals surface area contributed by atoms with Gasteiger partial charge in [-0.05, 0) is 0 Å². The zero-order valence-corrected chi connectivity index (χ0v) is 15.7. The quantitative estimate of drug-likeness (QED) is 0.287. The van der Waals surface area contributed by atoms with Crippen LogP contribution in [0.1, 0.15) is 0 Å². The van der Waals surface area contributed by atoms with Crippen LogP contribution in [-0.4, -0.2) is 36.5 Å². The van der Waals surface area contributed by atoms with Crippen LogP contribution in [0.25, 0.3) is 0 Å². The van der Waals surface area contributed by atoms with E-state index in [-0.39, 0.29) is 103 Å². The largest absolute Gasteiger partial charge is 1.00 e. The monoisotopic (exact) mass is 338 g/mol. The number of rotatable bonds is 3. The van der Waals surface area contributed by atoms with E-state index >= 15 is 0 Å². The molecule has 0 aromatic heterocycles. The van der Waals surface area contributed by atoms with Gasteiger partial charge in [0.25, 0.3) is 0 Å². The fourth-order valence-corrected chi connectivity index (χ4v) is 1.49. The molecule has 0 N–H and O–H groups in total. The van der Waals surface area contributed by atoms with E-state index in [4.69, 9.17) is 0 Å². The molecule has 6 nitrogen and oxygen atoms in total. The summed E-state index contributed by atoms with van der Waals surface area (Å²) in [5.41, 5.74) is 0. The van der Waals surface area contributed by atoms with Crippen molar-refractivity contribution in [3.63, 3.8) is 0 Å². The zero-order valence-electron chi connectivity index (χ0n) is 7.78. The van der Waals surface area contributed by atoms with Crippen LogP contribution in [0, 0.1) is 0 Å². The predicted octanol–water partition coefficient (Wildman–Crippen LogP) is -6.73. The fraction of sp³-hybridized carbons (Fsp3) is 1.00. The molecule has 0 bridgehead atoms. The standard InChI is InChI=1S/C2H2F4O6S2.2K/c3-1(4,13(7,8)9)2(5,6)14(10,11)12;;/h(H,7,8,9)(H,10,11,12);;/q;2*+1/p-2. The minimum absolute atomic E-state index is 0. The molecule has 0 saturated carbocycles. The van der Waals surface area contributed by atoms with Crippen LogP contribution in [0.15, 0.2) is 0 Å². The van der Waals surface area contributed by atoms with Crippen molar-refractivity contribution >= 4 is 20.2 Å². The molecular formula is C2F4K2O6S2. The summed E-state index contributed by atoms with van der Waals surface area (Å²) < 4.78 is 105. The van der Waals surface area contributed by atoms with Gasteiger partial charge in [-0.3, -0.25) is 0 Å². The molecule has 0 aliphatic carbocycles. The van der Waals surface area contributed by atoms with Gasteiger partial charge in [0.05, 0.1) is 0 Å². The van der Waals surface area contributed by atoms with Crippen LogP contribution in [0.5, 0.6) is 0 Å². The molecule has 0 amide bonds. The molecular weight excluding hydrogens is 338 g/mol. The molecule has 0 unspecified atom stereocenters. The van der Waals surface area contributed by atoms with Gasteiger partial charge in [-0.15, -0.1) is 0 Å². The minimum Gasteiger partial charge on any atom is -0.743 e. The van der Waals surface area contributed by atoms with Crippen LogP contribution in [0.4, 0.5) is 17.6 Å². The summed E-state index contributed by atoms with van der Waals surface area (Å²) in [5, 5.41) is -13.0. The van der Waals surface area contributed by atoms with Crippen LogP contribution in [0.3, 0.4) is 0 Å². The summed E-state index contributed by atoms with van der Waals surface area (Å²) in [6.07, 6.45) is 0. The Morgan fingerprint density at radius 2 is 0.812 bits per heavy atom. The van der Waals surface area contributed by atoms with Gasteiger partial charge < -0.3 is 9.11 Å². The summed E-state index contributed by atoms with van der Waals surface area (Å²) in [5.74, 6) is 0. The van der Waals surface area contributed by atoms with Crippen molar-refractivity contribution in [2.45, 2.75) is 10.5 Å². The van der Waals surface area contributed by atoms with Crippen LogP contribution in [0.2, 0.25) is 0 Å². The second-order valence-electron chi connectivity index (χ2n) is 1.94. The topological polar surface area (TPSA) is 114 Å². The Morgan fingerprint density at radius 3 is 0.875 bits per heavy atom. The maximum absolute atomic E-state index is 12.0. The first-order valence-electron chi connectivity index (χ1n) is 2.41. The molecule has 0 saturated heterocycles. The van der Waals surface area contributed by atoms with Crippen molar-refractivity contribution in [1.82, 2.24) is 0 Å². The molecule has 86 valence electrons. The molecule has 0 heterocycles. The van der Waals surface area contributed by atoms with Gasteiger partial charge in [-0.25, -0.2) is 16.8 Å². The second kappa shape index (κ2) is 7.00. The summed E-state index contributed by atoms with van der Waals surface area (Å²) in [6.45, 7) is 0. The maximum atomic E-state index is 12.0. The summed E-state index contributed by atoms with van der Waals surface area (Å²) in [4.78, 5) is 0. The predicted molar refractivity (Wildman–Crippen MR) is 29.3 cm³/mol. The average Bonchev–Trinajstić information content (AvgIpc) is 1.81. The van der Waals surface area contributed by atoms with Crippen molar-refractivity contribution in [2.75, 3.05) is 0 Å². The second-order valence-corrected chi connectivity index (χ2v) is 4.78. The smallest absolute Gasteiger partial charge is 0.743 e. The Morgan fingerprint density at radius 1 is 0.688 bits per heavy atom. The SMILES string of the molecule is O=S(=O)([O-])C(F)(F)C(F)(F)S(=O)(=O)[O-].[K+].[K+]. The number of alkyl halides is 4. The Balaban J connectivity index is -0.000000845. The van der Waals surface area contributed by atoms with E-state index in [2.05, 4.69) is 0 Å². The van der Waals surface area contributed by atoms with E-state index < -0.39 is 30.7 Å². The first kappa shape index (κ1) is 23.9. The van der Waals surface area contributed by atoms with Crippen LogP contribution < -0.4 is 103 Å². The first-order chi connectivity index (χ1) is 5.75. The van der Waals surface area contributed by atoms with E-state index in [1.54, 1.807) is 0 Å². The molecule has 0 aromatic rings. The van der Waals surface area contributed by atoms with E-state index in [1.807, 2.05) is 0 Å². The normalized spacial score (nSPS) is 13.6. The Hall–Kier alpha value is 2.81. The molecule has 0 aromatic carbocycles. The van der Waals surface area contributed by atoms with Crippen LogP contribution >= 0.6 is 0 Å². The van der Waals surface area contributed by atoms with Crippen LogP contribution in [-0.2, 0) is 20.2 Å².